The second-order valence-corrected chi connectivity index (χ2v) is 9.83. The molecule has 5 heteroatoms. The minimum Gasteiger partial charge on any atom is -0.379 e. The van der Waals surface area contributed by atoms with E-state index in [4.69, 9.17) is 0 Å². The summed E-state index contributed by atoms with van der Waals surface area (Å²) in [4.78, 5) is 0.267. The lowest BCUT2D eigenvalue weighted by Crippen LogP contribution is -2.55. The van der Waals surface area contributed by atoms with Crippen LogP contribution in [0, 0.1) is 6.92 Å². The van der Waals surface area contributed by atoms with Gasteiger partial charge in [-0.15, -0.1) is 0 Å². The van der Waals surface area contributed by atoms with Gasteiger partial charge >= 0.3 is 0 Å². The lowest BCUT2D eigenvalue weighted by atomic mass is 9.77. The van der Waals surface area contributed by atoms with Crippen LogP contribution in [-0.2, 0) is 15.6 Å². The van der Waals surface area contributed by atoms with Crippen molar-refractivity contribution >= 4 is 10.0 Å². The molecule has 1 N–H and O–H groups in total. The van der Waals surface area contributed by atoms with Gasteiger partial charge in [-0.3, -0.25) is 0 Å². The van der Waals surface area contributed by atoms with Crippen LogP contribution in [0.3, 0.4) is 0 Å². The standard InChI is InChI=1S/C25H27NO3S/c1-20-15-17-23(18-16-20)30(28,29)26-19-9-8-14-24(26)25(27,21-10-4-2-5-11-21)22-12-6-3-7-13-22/h2-7,10-13,15-18,24,27H,8-9,14,19H2,1H3/t24-/m1/s1. The number of nitrogens with zero attached hydrogens (tertiary/aromatic N) is 1. The van der Waals surface area contributed by atoms with E-state index in [1.54, 1.807) is 12.1 Å². The summed E-state index contributed by atoms with van der Waals surface area (Å²) in [6.45, 7) is 2.33. The van der Waals surface area contributed by atoms with Crippen molar-refractivity contribution in [2.75, 3.05) is 6.54 Å². The van der Waals surface area contributed by atoms with Gasteiger partial charge in [-0.05, 0) is 43.0 Å². The molecule has 0 aromatic heterocycles. The Morgan fingerprint density at radius 1 is 0.833 bits per heavy atom. The number of hydrogen-bond donors (Lipinski definition) is 1. The molecule has 3 aromatic carbocycles. The van der Waals surface area contributed by atoms with Crippen LogP contribution >= 0.6 is 0 Å². The van der Waals surface area contributed by atoms with Crippen LogP contribution in [0.15, 0.2) is 89.8 Å². The predicted octanol–water partition coefficient (Wildman–Crippen LogP) is 4.47. The molecule has 1 atom stereocenters. The van der Waals surface area contributed by atoms with E-state index >= 15 is 0 Å². The van der Waals surface area contributed by atoms with Gasteiger partial charge in [0, 0.05) is 6.54 Å². The topological polar surface area (TPSA) is 57.6 Å². The van der Waals surface area contributed by atoms with Crippen molar-refractivity contribution < 1.29 is 13.5 Å². The highest BCUT2D eigenvalue weighted by molar-refractivity contribution is 7.89. The number of aryl methyl sites for hydroxylation is 1. The SMILES string of the molecule is Cc1ccc(S(=O)(=O)N2CCCC[C@@H]2C(O)(c2ccccc2)c2ccccc2)cc1. The summed E-state index contributed by atoms with van der Waals surface area (Å²) >= 11 is 0. The molecule has 4 rings (SSSR count). The first kappa shape index (κ1) is 20.8. The number of piperidine rings is 1. The van der Waals surface area contributed by atoms with Gasteiger partial charge in [0.05, 0.1) is 10.9 Å². The van der Waals surface area contributed by atoms with Crippen LogP contribution in [0.25, 0.3) is 0 Å². The summed E-state index contributed by atoms with van der Waals surface area (Å²) < 4.78 is 28.8. The maximum absolute atomic E-state index is 13.6. The normalized spacial score (nSPS) is 18.3. The molecule has 0 radical (unpaired) electrons. The van der Waals surface area contributed by atoms with E-state index in [0.717, 1.165) is 18.4 Å². The van der Waals surface area contributed by atoms with Crippen LogP contribution in [0.1, 0.15) is 36.0 Å². The molecule has 0 bridgehead atoms. The summed E-state index contributed by atoms with van der Waals surface area (Å²) in [5.74, 6) is 0. The van der Waals surface area contributed by atoms with E-state index in [0.29, 0.717) is 24.1 Å². The van der Waals surface area contributed by atoms with Crippen LogP contribution in [0.5, 0.6) is 0 Å². The monoisotopic (exact) mass is 421 g/mol. The molecule has 0 aliphatic carbocycles. The molecule has 1 aliphatic rings. The van der Waals surface area contributed by atoms with Gasteiger partial charge in [0.25, 0.3) is 0 Å². The second kappa shape index (κ2) is 8.34. The van der Waals surface area contributed by atoms with E-state index in [9.17, 15) is 13.5 Å². The Labute approximate surface area is 178 Å². The fourth-order valence-corrected chi connectivity index (χ4v) is 6.10. The average Bonchev–Trinajstić information content (AvgIpc) is 2.80. The van der Waals surface area contributed by atoms with Crippen LogP contribution < -0.4 is 0 Å². The first-order valence-corrected chi connectivity index (χ1v) is 11.8. The van der Waals surface area contributed by atoms with Gasteiger partial charge in [-0.1, -0.05) is 84.8 Å². The Kier molecular flexibility index (Phi) is 5.78. The number of rotatable bonds is 5. The lowest BCUT2D eigenvalue weighted by Gasteiger charge is -2.45. The third-order valence-electron chi connectivity index (χ3n) is 5.99. The molecule has 0 unspecified atom stereocenters. The molecular formula is C25H27NO3S. The molecule has 0 amide bonds. The van der Waals surface area contributed by atoms with Gasteiger partial charge in [-0.2, -0.15) is 4.31 Å². The highest BCUT2D eigenvalue weighted by Gasteiger charge is 2.48. The minimum absolute atomic E-state index is 0.267. The number of hydrogen-bond acceptors (Lipinski definition) is 3. The number of aliphatic hydroxyl groups is 1. The number of benzene rings is 3. The first-order chi connectivity index (χ1) is 14.4. The molecule has 4 nitrogen and oxygen atoms in total. The third kappa shape index (κ3) is 3.69. The van der Waals surface area contributed by atoms with Gasteiger partial charge in [0.15, 0.2) is 0 Å². The van der Waals surface area contributed by atoms with E-state index in [1.807, 2.05) is 79.7 Å². The minimum atomic E-state index is -3.75. The predicted molar refractivity (Wildman–Crippen MR) is 119 cm³/mol. The molecule has 0 saturated carbocycles. The molecule has 1 fully saturated rings. The fraction of sp³-hybridized carbons (Fsp3) is 0.280. The molecule has 156 valence electrons. The molecule has 3 aromatic rings. The van der Waals surface area contributed by atoms with Gasteiger partial charge in [0.2, 0.25) is 10.0 Å². The zero-order chi connectivity index (χ0) is 21.2. The maximum Gasteiger partial charge on any atom is 0.243 e. The average molecular weight is 422 g/mol. The van der Waals surface area contributed by atoms with E-state index in [2.05, 4.69) is 0 Å². The smallest absolute Gasteiger partial charge is 0.243 e. The summed E-state index contributed by atoms with van der Waals surface area (Å²) in [6.07, 6.45) is 2.24. The quantitative estimate of drug-likeness (QED) is 0.661. The Bertz CT molecular complexity index is 1040. The van der Waals surface area contributed by atoms with Gasteiger partial charge in [0.1, 0.15) is 5.60 Å². The summed E-state index contributed by atoms with van der Waals surface area (Å²) in [7, 11) is -3.75. The Morgan fingerprint density at radius 2 is 1.37 bits per heavy atom. The van der Waals surface area contributed by atoms with Gasteiger partial charge in [-0.25, -0.2) is 8.42 Å². The van der Waals surface area contributed by atoms with Crippen molar-refractivity contribution in [3.05, 3.63) is 102 Å². The largest absolute Gasteiger partial charge is 0.379 e. The molecular weight excluding hydrogens is 394 g/mol. The zero-order valence-corrected chi connectivity index (χ0v) is 17.9. The van der Waals surface area contributed by atoms with Crippen molar-refractivity contribution in [2.45, 2.75) is 42.7 Å². The van der Waals surface area contributed by atoms with Crippen molar-refractivity contribution in [1.82, 2.24) is 4.31 Å². The van der Waals surface area contributed by atoms with Crippen molar-refractivity contribution in [3.63, 3.8) is 0 Å². The van der Waals surface area contributed by atoms with E-state index < -0.39 is 21.7 Å². The summed E-state index contributed by atoms with van der Waals surface area (Å²) in [5.41, 5.74) is 0.967. The summed E-state index contributed by atoms with van der Waals surface area (Å²) in [6, 6.07) is 25.1. The first-order valence-electron chi connectivity index (χ1n) is 10.4. The summed E-state index contributed by atoms with van der Waals surface area (Å²) in [5, 5.41) is 12.2. The molecule has 1 aliphatic heterocycles. The van der Waals surface area contributed by atoms with Crippen LogP contribution in [0.4, 0.5) is 0 Å². The highest BCUT2D eigenvalue weighted by Crippen LogP contribution is 2.41. The van der Waals surface area contributed by atoms with Crippen LogP contribution in [-0.4, -0.2) is 30.4 Å². The maximum atomic E-state index is 13.6. The molecule has 1 saturated heterocycles. The van der Waals surface area contributed by atoms with E-state index in [-0.39, 0.29) is 4.90 Å². The molecule has 0 spiro atoms. The fourth-order valence-electron chi connectivity index (χ4n) is 4.39. The molecule has 30 heavy (non-hydrogen) atoms. The Balaban J connectivity index is 1.86. The lowest BCUT2D eigenvalue weighted by molar-refractivity contribution is -0.00658. The Hall–Kier alpha value is -2.47. The van der Waals surface area contributed by atoms with Crippen molar-refractivity contribution in [2.24, 2.45) is 0 Å². The van der Waals surface area contributed by atoms with Crippen molar-refractivity contribution in [1.29, 1.82) is 0 Å². The Morgan fingerprint density at radius 3 is 1.90 bits per heavy atom. The zero-order valence-electron chi connectivity index (χ0n) is 17.1. The second-order valence-electron chi connectivity index (χ2n) is 7.94. The van der Waals surface area contributed by atoms with Gasteiger partial charge < -0.3 is 5.11 Å². The number of sulfonamides is 1. The van der Waals surface area contributed by atoms with Crippen molar-refractivity contribution in [3.8, 4) is 0 Å². The highest BCUT2D eigenvalue weighted by atomic mass is 32.2. The van der Waals surface area contributed by atoms with Crippen LogP contribution in [0.2, 0.25) is 0 Å². The molecule has 1 heterocycles. The third-order valence-corrected chi connectivity index (χ3v) is 7.91. The van der Waals surface area contributed by atoms with E-state index in [1.165, 1.54) is 4.31 Å².